The van der Waals surface area contributed by atoms with Crippen LogP contribution in [0.5, 0.6) is 0 Å². The first-order valence-electron chi connectivity index (χ1n) is 7.95. The first-order valence-corrected chi connectivity index (χ1v) is 9.31. The maximum atomic E-state index is 12.1. The quantitative estimate of drug-likeness (QED) is 0.392. The molecule has 1 amide bonds. The van der Waals surface area contributed by atoms with Gasteiger partial charge in [-0.15, -0.1) is 11.8 Å². The van der Waals surface area contributed by atoms with Crippen LogP contribution in [0.1, 0.15) is 0 Å². The van der Waals surface area contributed by atoms with Gasteiger partial charge in [0.2, 0.25) is 5.91 Å². The fourth-order valence-electron chi connectivity index (χ4n) is 2.12. The van der Waals surface area contributed by atoms with E-state index in [0.29, 0.717) is 16.5 Å². The van der Waals surface area contributed by atoms with E-state index in [9.17, 15) is 4.79 Å². The Morgan fingerprint density at radius 3 is 2.15 bits per heavy atom. The number of amides is 1. The van der Waals surface area contributed by atoms with Crippen LogP contribution >= 0.6 is 23.4 Å². The number of benzene rings is 3. The Morgan fingerprint density at radius 2 is 1.46 bits per heavy atom. The zero-order valence-electron chi connectivity index (χ0n) is 13.8. The fraction of sp³-hybridized carbons (Fsp3) is 0.0500. The summed E-state index contributed by atoms with van der Waals surface area (Å²) >= 11 is 7.49. The summed E-state index contributed by atoms with van der Waals surface area (Å²) in [6.07, 6.45) is 0. The van der Waals surface area contributed by atoms with Gasteiger partial charge < -0.3 is 5.32 Å². The van der Waals surface area contributed by atoms with Crippen molar-refractivity contribution >= 4 is 46.3 Å². The van der Waals surface area contributed by atoms with E-state index in [-0.39, 0.29) is 5.91 Å². The van der Waals surface area contributed by atoms with Crippen LogP contribution in [0.3, 0.4) is 0 Å². The van der Waals surface area contributed by atoms with Crippen molar-refractivity contribution in [1.82, 2.24) is 0 Å². The molecular formula is C20H16ClN3OS. The molecule has 0 atom stereocenters. The molecule has 0 aliphatic carbocycles. The molecule has 0 unspecified atom stereocenters. The molecule has 0 aromatic heterocycles. The molecule has 3 aromatic rings. The van der Waals surface area contributed by atoms with E-state index < -0.39 is 0 Å². The summed E-state index contributed by atoms with van der Waals surface area (Å²) in [7, 11) is 0. The molecule has 6 heteroatoms. The zero-order chi connectivity index (χ0) is 18.2. The summed E-state index contributed by atoms with van der Waals surface area (Å²) in [6, 6.07) is 24.2. The highest BCUT2D eigenvalue weighted by molar-refractivity contribution is 8.00. The number of hydrogen-bond donors (Lipinski definition) is 1. The Morgan fingerprint density at radius 1 is 0.846 bits per heavy atom. The minimum Gasteiger partial charge on any atom is -0.325 e. The molecule has 0 aliphatic rings. The van der Waals surface area contributed by atoms with Gasteiger partial charge in [0.15, 0.2) is 0 Å². The number of azo groups is 1. The van der Waals surface area contributed by atoms with Crippen molar-refractivity contribution in [3.8, 4) is 0 Å². The molecule has 3 rings (SSSR count). The van der Waals surface area contributed by atoms with Crippen molar-refractivity contribution in [2.75, 3.05) is 11.1 Å². The molecular weight excluding hydrogens is 366 g/mol. The van der Waals surface area contributed by atoms with Gasteiger partial charge >= 0.3 is 0 Å². The van der Waals surface area contributed by atoms with E-state index >= 15 is 0 Å². The molecule has 26 heavy (non-hydrogen) atoms. The lowest BCUT2D eigenvalue weighted by atomic mass is 10.3. The third-order valence-electron chi connectivity index (χ3n) is 3.38. The van der Waals surface area contributed by atoms with Crippen molar-refractivity contribution in [2.45, 2.75) is 4.90 Å². The second kappa shape index (κ2) is 9.17. The van der Waals surface area contributed by atoms with Gasteiger partial charge in [0, 0.05) is 10.6 Å². The predicted molar refractivity (Wildman–Crippen MR) is 108 cm³/mol. The van der Waals surface area contributed by atoms with Crippen molar-refractivity contribution in [2.24, 2.45) is 10.2 Å². The van der Waals surface area contributed by atoms with Gasteiger partial charge in [-0.3, -0.25) is 4.79 Å². The standard InChI is InChI=1S/C20H16ClN3OS/c21-18-8-4-5-9-19(18)26-14-20(25)22-15-10-12-17(13-11-15)24-23-16-6-2-1-3-7-16/h1-13H,14H2,(H,22,25). The molecule has 4 nitrogen and oxygen atoms in total. The lowest BCUT2D eigenvalue weighted by Gasteiger charge is -2.06. The second-order valence-electron chi connectivity index (χ2n) is 5.35. The number of nitrogens with one attached hydrogen (secondary N) is 1. The Kier molecular flexibility index (Phi) is 6.41. The van der Waals surface area contributed by atoms with Crippen molar-refractivity contribution in [3.63, 3.8) is 0 Å². The highest BCUT2D eigenvalue weighted by Crippen LogP contribution is 2.26. The number of hydrogen-bond acceptors (Lipinski definition) is 4. The van der Waals surface area contributed by atoms with Crippen LogP contribution in [-0.4, -0.2) is 11.7 Å². The van der Waals surface area contributed by atoms with Crippen LogP contribution in [0.2, 0.25) is 5.02 Å². The van der Waals surface area contributed by atoms with Gasteiger partial charge in [-0.05, 0) is 48.5 Å². The molecule has 130 valence electrons. The Bertz CT molecular complexity index is 898. The molecule has 1 N–H and O–H groups in total. The van der Waals surface area contributed by atoms with Gasteiger partial charge in [-0.25, -0.2) is 0 Å². The first kappa shape index (κ1) is 18.2. The summed E-state index contributed by atoms with van der Waals surface area (Å²) in [4.78, 5) is 13.0. The summed E-state index contributed by atoms with van der Waals surface area (Å²) in [5, 5.41) is 11.8. The van der Waals surface area contributed by atoms with Gasteiger partial charge in [0.1, 0.15) is 0 Å². The number of carbonyl (C=O) groups is 1. The van der Waals surface area contributed by atoms with Gasteiger partial charge in [0.25, 0.3) is 0 Å². The Balaban J connectivity index is 1.53. The van der Waals surface area contributed by atoms with Gasteiger partial charge in [0.05, 0.1) is 22.2 Å². The number of thioether (sulfide) groups is 1. The molecule has 0 fully saturated rings. The van der Waals surface area contributed by atoms with E-state index in [0.717, 1.165) is 16.3 Å². The summed E-state index contributed by atoms with van der Waals surface area (Å²) in [5.74, 6) is 0.202. The molecule has 0 aliphatic heterocycles. The maximum Gasteiger partial charge on any atom is 0.234 e. The van der Waals surface area contributed by atoms with E-state index in [1.807, 2.05) is 66.7 Å². The molecule has 0 bridgehead atoms. The Hall–Kier alpha value is -2.63. The van der Waals surface area contributed by atoms with Gasteiger partial charge in [-0.1, -0.05) is 41.9 Å². The highest BCUT2D eigenvalue weighted by atomic mass is 35.5. The van der Waals surface area contributed by atoms with Crippen LogP contribution in [0.15, 0.2) is 94.0 Å². The second-order valence-corrected chi connectivity index (χ2v) is 6.77. The number of anilines is 1. The smallest absolute Gasteiger partial charge is 0.234 e. The first-order chi connectivity index (χ1) is 12.7. The van der Waals surface area contributed by atoms with Crippen LogP contribution in [0.25, 0.3) is 0 Å². The average Bonchev–Trinajstić information content (AvgIpc) is 2.68. The normalized spacial score (nSPS) is 10.8. The molecule has 0 radical (unpaired) electrons. The maximum absolute atomic E-state index is 12.1. The fourth-order valence-corrected chi connectivity index (χ4v) is 3.16. The number of halogens is 1. The SMILES string of the molecule is O=C(CSc1ccccc1Cl)Nc1ccc(N=Nc2ccccc2)cc1. The summed E-state index contributed by atoms with van der Waals surface area (Å²) in [5.41, 5.74) is 2.23. The van der Waals surface area contributed by atoms with Crippen LogP contribution < -0.4 is 5.32 Å². The van der Waals surface area contributed by atoms with Crippen LogP contribution in [0, 0.1) is 0 Å². The minimum atomic E-state index is -0.0893. The third-order valence-corrected chi connectivity index (χ3v) is 4.90. The van der Waals surface area contributed by atoms with E-state index in [4.69, 9.17) is 11.6 Å². The molecule has 0 heterocycles. The highest BCUT2D eigenvalue weighted by Gasteiger charge is 2.06. The molecule has 3 aromatic carbocycles. The zero-order valence-corrected chi connectivity index (χ0v) is 15.4. The molecule has 0 saturated heterocycles. The monoisotopic (exact) mass is 381 g/mol. The molecule has 0 saturated carbocycles. The number of carbonyl (C=O) groups excluding carboxylic acids is 1. The summed E-state index contributed by atoms with van der Waals surface area (Å²) < 4.78 is 0. The third kappa shape index (κ3) is 5.44. The van der Waals surface area contributed by atoms with E-state index in [2.05, 4.69) is 15.5 Å². The largest absolute Gasteiger partial charge is 0.325 e. The van der Waals surface area contributed by atoms with Gasteiger partial charge in [-0.2, -0.15) is 10.2 Å². The van der Waals surface area contributed by atoms with Crippen molar-refractivity contribution in [3.05, 3.63) is 83.9 Å². The topological polar surface area (TPSA) is 53.8 Å². The average molecular weight is 382 g/mol. The van der Waals surface area contributed by atoms with Crippen molar-refractivity contribution in [1.29, 1.82) is 0 Å². The van der Waals surface area contributed by atoms with Crippen molar-refractivity contribution < 1.29 is 4.79 Å². The molecule has 0 spiro atoms. The lowest BCUT2D eigenvalue weighted by molar-refractivity contribution is -0.113. The number of rotatable bonds is 6. The van der Waals surface area contributed by atoms with E-state index in [1.54, 1.807) is 12.1 Å². The minimum absolute atomic E-state index is 0.0893. The summed E-state index contributed by atoms with van der Waals surface area (Å²) in [6.45, 7) is 0. The van der Waals surface area contributed by atoms with Crippen LogP contribution in [-0.2, 0) is 4.79 Å². The predicted octanol–water partition coefficient (Wildman–Crippen LogP) is 6.49. The van der Waals surface area contributed by atoms with E-state index in [1.165, 1.54) is 11.8 Å². The number of nitrogens with zero attached hydrogens (tertiary/aromatic N) is 2. The van der Waals surface area contributed by atoms with Crippen LogP contribution in [0.4, 0.5) is 17.1 Å². The Labute approximate surface area is 161 Å². The lowest BCUT2D eigenvalue weighted by Crippen LogP contribution is -2.13.